The van der Waals surface area contributed by atoms with Gasteiger partial charge in [-0.2, -0.15) is 0 Å². The third-order valence-electron chi connectivity index (χ3n) is 4.92. The molecule has 1 heterocycles. The summed E-state index contributed by atoms with van der Waals surface area (Å²) < 4.78 is 22.9. The van der Waals surface area contributed by atoms with Crippen molar-refractivity contribution in [1.82, 2.24) is 10.3 Å². The number of hydrogen-bond acceptors (Lipinski definition) is 7. The summed E-state index contributed by atoms with van der Waals surface area (Å²) >= 11 is 0. The summed E-state index contributed by atoms with van der Waals surface area (Å²) in [6, 6.07) is 5.59. The number of rotatable bonds is 8. The number of carbonyl (C=O) groups excluding carboxylic acids is 3. The average molecular weight is 428 g/mol. The van der Waals surface area contributed by atoms with E-state index in [2.05, 4.69) is 21.8 Å². The van der Waals surface area contributed by atoms with E-state index in [1.54, 1.807) is 0 Å². The van der Waals surface area contributed by atoms with Gasteiger partial charge in [0.2, 0.25) is 0 Å². The first-order valence-corrected chi connectivity index (χ1v) is 9.48. The molecule has 0 spiro atoms. The van der Waals surface area contributed by atoms with Gasteiger partial charge in [-0.3, -0.25) is 4.79 Å². The fraction of sp³-hybridized carbons (Fsp3) is 0.273. The van der Waals surface area contributed by atoms with Crippen molar-refractivity contribution in [1.29, 1.82) is 0 Å². The summed E-state index contributed by atoms with van der Waals surface area (Å²) in [4.78, 5) is 44.5. The maximum Gasteiger partial charge on any atom is 0.380 e. The monoisotopic (exact) mass is 428 g/mol. The summed E-state index contributed by atoms with van der Waals surface area (Å²) in [5, 5.41) is 2.77. The molecule has 0 radical (unpaired) electrons. The Hall–Kier alpha value is -3.75. The number of aromatic nitrogens is 1. The van der Waals surface area contributed by atoms with Gasteiger partial charge < -0.3 is 14.8 Å². The first-order valence-electron chi connectivity index (χ1n) is 9.48. The Kier molecular flexibility index (Phi) is 6.64. The molecule has 2 aromatic rings. The van der Waals surface area contributed by atoms with Crippen molar-refractivity contribution in [2.45, 2.75) is 12.8 Å². The van der Waals surface area contributed by atoms with Crippen molar-refractivity contribution in [2.75, 3.05) is 20.8 Å². The van der Waals surface area contributed by atoms with Crippen LogP contribution in [0.4, 0.5) is 4.53 Å². The minimum Gasteiger partial charge on any atom is -0.496 e. The molecule has 1 aromatic heterocycles. The Bertz CT molecular complexity index is 1050. The predicted octanol–water partition coefficient (Wildman–Crippen LogP) is 3.37. The first-order chi connectivity index (χ1) is 14.9. The van der Waals surface area contributed by atoms with Crippen LogP contribution in [0.25, 0.3) is 17.2 Å². The molecule has 0 unspecified atom stereocenters. The van der Waals surface area contributed by atoms with E-state index in [4.69, 9.17) is 9.47 Å². The Morgan fingerprint density at radius 1 is 1.19 bits per heavy atom. The zero-order valence-electron chi connectivity index (χ0n) is 17.1. The van der Waals surface area contributed by atoms with Gasteiger partial charge in [0.25, 0.3) is 5.91 Å². The van der Waals surface area contributed by atoms with E-state index in [1.807, 2.05) is 0 Å². The zero-order chi connectivity index (χ0) is 22.5. The molecule has 1 aliphatic carbocycles. The van der Waals surface area contributed by atoms with Gasteiger partial charge in [-0.1, -0.05) is 12.7 Å². The van der Waals surface area contributed by atoms with E-state index >= 15 is 0 Å². The molecule has 0 bridgehead atoms. The van der Waals surface area contributed by atoms with Crippen LogP contribution in [0.1, 0.15) is 49.7 Å². The smallest absolute Gasteiger partial charge is 0.380 e. The van der Waals surface area contributed by atoms with E-state index < -0.39 is 17.8 Å². The van der Waals surface area contributed by atoms with Gasteiger partial charge in [0.15, 0.2) is 5.69 Å². The van der Waals surface area contributed by atoms with E-state index in [9.17, 15) is 18.9 Å². The number of esters is 1. The van der Waals surface area contributed by atoms with Gasteiger partial charge in [-0.05, 0) is 43.0 Å². The molecule has 9 heteroatoms. The van der Waals surface area contributed by atoms with Crippen LogP contribution in [-0.2, 0) is 9.68 Å². The second-order valence-electron chi connectivity index (χ2n) is 6.95. The Balaban J connectivity index is 2.13. The van der Waals surface area contributed by atoms with Crippen LogP contribution in [0.2, 0.25) is 0 Å². The van der Waals surface area contributed by atoms with Gasteiger partial charge in [0.05, 0.1) is 19.8 Å². The molecular weight excluding hydrogens is 407 g/mol. The molecule has 1 aromatic carbocycles. The maximum atomic E-state index is 12.8. The third kappa shape index (κ3) is 4.71. The normalized spacial score (nSPS) is 12.6. The van der Waals surface area contributed by atoms with Crippen LogP contribution in [0.15, 0.2) is 30.8 Å². The van der Waals surface area contributed by atoms with Crippen molar-refractivity contribution < 1.29 is 33.3 Å². The number of hydrogen-bond donors (Lipinski definition) is 1. The van der Waals surface area contributed by atoms with Crippen molar-refractivity contribution in [2.24, 2.45) is 5.92 Å². The maximum absolute atomic E-state index is 12.8. The molecule has 162 valence electrons. The Morgan fingerprint density at radius 2 is 1.94 bits per heavy atom. The van der Waals surface area contributed by atoms with Gasteiger partial charge in [-0.25, -0.2) is 19.5 Å². The van der Waals surface area contributed by atoms with Crippen LogP contribution < -0.4 is 10.1 Å². The van der Waals surface area contributed by atoms with E-state index in [1.165, 1.54) is 37.5 Å². The number of carbonyl (C=O) groups is 3. The lowest BCUT2D eigenvalue weighted by molar-refractivity contribution is -0.0787. The van der Waals surface area contributed by atoms with Crippen molar-refractivity contribution in [3.63, 3.8) is 0 Å². The summed E-state index contributed by atoms with van der Waals surface area (Å²) in [6.45, 7) is 4.17. The number of pyridine rings is 1. The van der Waals surface area contributed by atoms with Crippen LogP contribution >= 0.6 is 0 Å². The molecule has 1 N–H and O–H groups in total. The van der Waals surface area contributed by atoms with Crippen molar-refractivity contribution in [3.05, 3.63) is 53.4 Å². The number of benzene rings is 1. The molecule has 1 fully saturated rings. The first kappa shape index (κ1) is 21.9. The quantitative estimate of drug-likeness (QED) is 0.643. The molecule has 0 saturated heterocycles. The molecule has 0 atom stereocenters. The van der Waals surface area contributed by atoms with Gasteiger partial charge in [0, 0.05) is 27.8 Å². The molecule has 1 saturated carbocycles. The predicted molar refractivity (Wildman–Crippen MR) is 109 cm³/mol. The lowest BCUT2D eigenvalue weighted by Gasteiger charge is -2.15. The summed E-state index contributed by atoms with van der Waals surface area (Å²) in [5.74, 6) is -1.76. The number of nitrogens with one attached hydrogen (secondary N) is 1. The topological polar surface area (TPSA) is 104 Å². The molecule has 0 aliphatic heterocycles. The van der Waals surface area contributed by atoms with E-state index in [0.29, 0.717) is 23.8 Å². The molecule has 31 heavy (non-hydrogen) atoms. The standard InChI is InChI=1S/C22H21FN2O6/c1-4-13-9-16(21(27)31-23)15(10-18(13)29-2)14-7-8-17(25-19(14)22(28)30-3)20(26)24-11-12-5-6-12/h4,7-10,12H,1,5-6,11H2,2-3H3,(H,24,26). The number of nitrogens with zero attached hydrogens (tertiary/aromatic N) is 1. The highest BCUT2D eigenvalue weighted by molar-refractivity contribution is 6.04. The molecular formula is C22H21FN2O6. The molecule has 1 aliphatic rings. The largest absolute Gasteiger partial charge is 0.496 e. The SMILES string of the molecule is C=Cc1cc(C(=O)OF)c(-c2ccc(C(=O)NCC3CC3)nc2C(=O)OC)cc1OC. The van der Waals surface area contributed by atoms with Gasteiger partial charge >= 0.3 is 11.9 Å². The van der Waals surface area contributed by atoms with E-state index in [0.717, 1.165) is 20.0 Å². The summed E-state index contributed by atoms with van der Waals surface area (Å²) in [5.41, 5.74) is 0.270. The third-order valence-corrected chi connectivity index (χ3v) is 4.92. The zero-order valence-corrected chi connectivity index (χ0v) is 17.1. The number of amides is 1. The van der Waals surface area contributed by atoms with Crippen LogP contribution in [0.3, 0.4) is 0 Å². The Labute approximate surface area is 177 Å². The summed E-state index contributed by atoms with van der Waals surface area (Å²) in [6.07, 6.45) is 3.55. The summed E-state index contributed by atoms with van der Waals surface area (Å²) in [7, 11) is 2.57. The highest BCUT2D eigenvalue weighted by atomic mass is 19.3. The Morgan fingerprint density at radius 3 is 2.52 bits per heavy atom. The van der Waals surface area contributed by atoms with Crippen molar-refractivity contribution in [3.8, 4) is 16.9 Å². The van der Waals surface area contributed by atoms with Gasteiger partial charge in [0.1, 0.15) is 11.4 Å². The highest BCUT2D eigenvalue weighted by Crippen LogP contribution is 2.34. The van der Waals surface area contributed by atoms with Gasteiger partial charge in [-0.15, -0.1) is 0 Å². The number of halogens is 1. The second-order valence-corrected chi connectivity index (χ2v) is 6.95. The average Bonchev–Trinajstić information content (AvgIpc) is 3.64. The molecule has 1 amide bonds. The second kappa shape index (κ2) is 9.38. The lowest BCUT2D eigenvalue weighted by atomic mass is 9.95. The van der Waals surface area contributed by atoms with Crippen LogP contribution in [0, 0.1) is 5.92 Å². The fourth-order valence-corrected chi connectivity index (χ4v) is 3.07. The fourth-order valence-electron chi connectivity index (χ4n) is 3.07. The minimum absolute atomic E-state index is 0.00842. The van der Waals surface area contributed by atoms with E-state index in [-0.39, 0.29) is 28.1 Å². The van der Waals surface area contributed by atoms with Crippen LogP contribution in [-0.4, -0.2) is 43.6 Å². The minimum atomic E-state index is -1.28. The van der Waals surface area contributed by atoms with Crippen LogP contribution in [0.5, 0.6) is 5.75 Å². The molecule has 3 rings (SSSR count). The molecule has 8 nitrogen and oxygen atoms in total. The number of ether oxygens (including phenoxy) is 2. The van der Waals surface area contributed by atoms with Crippen molar-refractivity contribution >= 4 is 23.9 Å². The number of methoxy groups -OCH3 is 2. The lowest BCUT2D eigenvalue weighted by Crippen LogP contribution is -2.27. The highest BCUT2D eigenvalue weighted by Gasteiger charge is 2.26.